The standard InChI is InChI=1S/C14H16N2O/c1-15-13(12-7-3-2-4-8-12)11-16-10-6-5-9-14(16)17/h2-10,13,15H,11H2,1H3. The highest BCUT2D eigenvalue weighted by Gasteiger charge is 2.09. The first-order valence-electron chi connectivity index (χ1n) is 5.69. The molecule has 0 aliphatic carbocycles. The lowest BCUT2D eigenvalue weighted by Gasteiger charge is -2.17. The molecule has 88 valence electrons. The van der Waals surface area contributed by atoms with Crippen molar-refractivity contribution in [1.82, 2.24) is 9.88 Å². The van der Waals surface area contributed by atoms with E-state index in [2.05, 4.69) is 17.4 Å². The van der Waals surface area contributed by atoms with Crippen molar-refractivity contribution in [3.05, 3.63) is 70.6 Å². The number of nitrogens with zero attached hydrogens (tertiary/aromatic N) is 1. The molecule has 1 heterocycles. The second kappa shape index (κ2) is 5.46. The number of likely N-dealkylation sites (N-methyl/N-ethyl adjacent to an activating group) is 1. The number of rotatable bonds is 4. The predicted molar refractivity (Wildman–Crippen MR) is 68.9 cm³/mol. The number of hydrogen-bond donors (Lipinski definition) is 1. The zero-order chi connectivity index (χ0) is 12.1. The first kappa shape index (κ1) is 11.6. The molecule has 1 N–H and O–H groups in total. The van der Waals surface area contributed by atoms with Gasteiger partial charge in [-0.15, -0.1) is 0 Å². The van der Waals surface area contributed by atoms with E-state index in [1.165, 1.54) is 5.56 Å². The van der Waals surface area contributed by atoms with Crippen LogP contribution in [0.25, 0.3) is 0 Å². The maximum atomic E-state index is 11.6. The quantitative estimate of drug-likeness (QED) is 0.866. The molecule has 2 aromatic rings. The van der Waals surface area contributed by atoms with Crippen LogP contribution in [-0.4, -0.2) is 11.6 Å². The highest BCUT2D eigenvalue weighted by atomic mass is 16.1. The second-order valence-electron chi connectivity index (χ2n) is 3.94. The zero-order valence-corrected chi connectivity index (χ0v) is 9.84. The fourth-order valence-electron chi connectivity index (χ4n) is 1.86. The monoisotopic (exact) mass is 228 g/mol. The Morgan fingerprint density at radius 3 is 2.47 bits per heavy atom. The minimum absolute atomic E-state index is 0.0312. The fourth-order valence-corrected chi connectivity index (χ4v) is 1.86. The maximum Gasteiger partial charge on any atom is 0.250 e. The van der Waals surface area contributed by atoms with Crippen LogP contribution in [0.5, 0.6) is 0 Å². The SMILES string of the molecule is CNC(Cn1ccccc1=O)c1ccccc1. The van der Waals surface area contributed by atoms with Gasteiger partial charge in [0.25, 0.3) is 5.56 Å². The van der Waals surface area contributed by atoms with Crippen LogP contribution in [0.4, 0.5) is 0 Å². The second-order valence-corrected chi connectivity index (χ2v) is 3.94. The first-order chi connectivity index (χ1) is 8.31. The van der Waals surface area contributed by atoms with Gasteiger partial charge in [0, 0.05) is 18.8 Å². The Labute approximate surface area is 101 Å². The normalized spacial score (nSPS) is 12.3. The van der Waals surface area contributed by atoms with E-state index in [9.17, 15) is 4.79 Å². The summed E-state index contributed by atoms with van der Waals surface area (Å²) < 4.78 is 1.72. The summed E-state index contributed by atoms with van der Waals surface area (Å²) in [6, 6.07) is 15.5. The van der Waals surface area contributed by atoms with E-state index in [0.29, 0.717) is 6.54 Å². The minimum Gasteiger partial charge on any atom is -0.314 e. The summed E-state index contributed by atoms with van der Waals surface area (Å²) in [6.07, 6.45) is 1.82. The van der Waals surface area contributed by atoms with Gasteiger partial charge in [-0.05, 0) is 18.7 Å². The van der Waals surface area contributed by atoms with Gasteiger partial charge in [-0.2, -0.15) is 0 Å². The molecule has 0 aliphatic rings. The maximum absolute atomic E-state index is 11.6. The Kier molecular flexibility index (Phi) is 3.73. The predicted octanol–water partition coefficient (Wildman–Crippen LogP) is 1.81. The van der Waals surface area contributed by atoms with Crippen LogP contribution in [0.3, 0.4) is 0 Å². The molecule has 1 atom stereocenters. The van der Waals surface area contributed by atoms with Crippen molar-refractivity contribution in [2.75, 3.05) is 7.05 Å². The van der Waals surface area contributed by atoms with Crippen LogP contribution < -0.4 is 10.9 Å². The van der Waals surface area contributed by atoms with Crippen LogP contribution in [0.15, 0.2) is 59.5 Å². The average Bonchev–Trinajstić information content (AvgIpc) is 2.39. The Morgan fingerprint density at radius 2 is 1.82 bits per heavy atom. The fraction of sp³-hybridized carbons (Fsp3) is 0.214. The molecule has 0 bridgehead atoms. The summed E-state index contributed by atoms with van der Waals surface area (Å²) in [4.78, 5) is 11.6. The number of nitrogens with one attached hydrogen (secondary N) is 1. The van der Waals surface area contributed by atoms with Gasteiger partial charge in [0.05, 0.1) is 6.04 Å². The van der Waals surface area contributed by atoms with Gasteiger partial charge < -0.3 is 9.88 Å². The summed E-state index contributed by atoms with van der Waals surface area (Å²) in [7, 11) is 1.91. The summed E-state index contributed by atoms with van der Waals surface area (Å²) >= 11 is 0. The molecule has 3 nitrogen and oxygen atoms in total. The highest BCUT2D eigenvalue weighted by molar-refractivity contribution is 5.18. The molecule has 0 radical (unpaired) electrons. The van der Waals surface area contributed by atoms with Crippen LogP contribution in [0, 0.1) is 0 Å². The minimum atomic E-state index is 0.0312. The van der Waals surface area contributed by atoms with E-state index in [-0.39, 0.29) is 11.6 Å². The molecular formula is C14H16N2O. The Balaban J connectivity index is 2.22. The number of benzene rings is 1. The lowest BCUT2D eigenvalue weighted by atomic mass is 10.1. The Hall–Kier alpha value is -1.87. The number of hydrogen-bond acceptors (Lipinski definition) is 2. The van der Waals surface area contributed by atoms with Crippen molar-refractivity contribution in [1.29, 1.82) is 0 Å². The largest absolute Gasteiger partial charge is 0.314 e. The molecule has 2 rings (SSSR count). The molecule has 17 heavy (non-hydrogen) atoms. The first-order valence-corrected chi connectivity index (χ1v) is 5.69. The Bertz CT molecular complexity index is 519. The van der Waals surface area contributed by atoms with E-state index >= 15 is 0 Å². The molecule has 3 heteroatoms. The Morgan fingerprint density at radius 1 is 1.12 bits per heavy atom. The van der Waals surface area contributed by atoms with E-state index in [4.69, 9.17) is 0 Å². The molecular weight excluding hydrogens is 212 g/mol. The van der Waals surface area contributed by atoms with Gasteiger partial charge in [-0.1, -0.05) is 36.4 Å². The van der Waals surface area contributed by atoms with Gasteiger partial charge >= 0.3 is 0 Å². The molecule has 0 spiro atoms. The van der Waals surface area contributed by atoms with Crippen LogP contribution in [0.1, 0.15) is 11.6 Å². The summed E-state index contributed by atoms with van der Waals surface area (Å²) in [5.74, 6) is 0. The van der Waals surface area contributed by atoms with E-state index in [1.807, 2.05) is 37.5 Å². The van der Waals surface area contributed by atoms with E-state index < -0.39 is 0 Å². The van der Waals surface area contributed by atoms with E-state index in [0.717, 1.165) is 0 Å². The lowest BCUT2D eigenvalue weighted by molar-refractivity contribution is 0.491. The number of pyridine rings is 1. The average molecular weight is 228 g/mol. The molecule has 1 aromatic carbocycles. The van der Waals surface area contributed by atoms with Gasteiger partial charge in [-0.25, -0.2) is 0 Å². The lowest BCUT2D eigenvalue weighted by Crippen LogP contribution is -2.27. The van der Waals surface area contributed by atoms with Crippen LogP contribution in [-0.2, 0) is 6.54 Å². The van der Waals surface area contributed by atoms with Crippen molar-refractivity contribution in [2.45, 2.75) is 12.6 Å². The molecule has 0 saturated heterocycles. The topological polar surface area (TPSA) is 34.0 Å². The van der Waals surface area contributed by atoms with Crippen molar-refractivity contribution in [2.24, 2.45) is 0 Å². The molecule has 0 amide bonds. The molecule has 0 aliphatic heterocycles. The third-order valence-corrected chi connectivity index (χ3v) is 2.83. The van der Waals surface area contributed by atoms with Crippen molar-refractivity contribution >= 4 is 0 Å². The van der Waals surface area contributed by atoms with Crippen LogP contribution >= 0.6 is 0 Å². The third-order valence-electron chi connectivity index (χ3n) is 2.83. The van der Waals surface area contributed by atoms with Crippen molar-refractivity contribution in [3.63, 3.8) is 0 Å². The molecule has 1 aromatic heterocycles. The van der Waals surface area contributed by atoms with Gasteiger partial charge in [0.2, 0.25) is 0 Å². The molecule has 0 fully saturated rings. The van der Waals surface area contributed by atoms with Crippen molar-refractivity contribution < 1.29 is 0 Å². The zero-order valence-electron chi connectivity index (χ0n) is 9.84. The van der Waals surface area contributed by atoms with Gasteiger partial charge in [0.15, 0.2) is 0 Å². The third kappa shape index (κ3) is 2.82. The van der Waals surface area contributed by atoms with Gasteiger partial charge in [0.1, 0.15) is 0 Å². The number of aromatic nitrogens is 1. The van der Waals surface area contributed by atoms with Gasteiger partial charge in [-0.3, -0.25) is 4.79 Å². The van der Waals surface area contributed by atoms with Crippen molar-refractivity contribution in [3.8, 4) is 0 Å². The summed E-state index contributed by atoms with van der Waals surface area (Å²) in [6.45, 7) is 0.639. The molecule has 0 saturated carbocycles. The summed E-state index contributed by atoms with van der Waals surface area (Å²) in [5.41, 5.74) is 1.22. The molecule has 1 unspecified atom stereocenters. The highest BCUT2D eigenvalue weighted by Crippen LogP contribution is 2.13. The smallest absolute Gasteiger partial charge is 0.250 e. The van der Waals surface area contributed by atoms with Crippen LogP contribution in [0.2, 0.25) is 0 Å². The summed E-state index contributed by atoms with van der Waals surface area (Å²) in [5, 5.41) is 3.23. The van der Waals surface area contributed by atoms with E-state index in [1.54, 1.807) is 16.7 Å².